The van der Waals surface area contributed by atoms with E-state index in [1.807, 2.05) is 0 Å². The van der Waals surface area contributed by atoms with E-state index in [2.05, 4.69) is 31.9 Å². The van der Waals surface area contributed by atoms with Crippen LogP contribution in [0, 0.1) is 23.7 Å². The van der Waals surface area contributed by atoms with Crippen LogP contribution in [-0.2, 0) is 9.59 Å². The fraction of sp³-hybridized carbons (Fsp3) is 0.467. The third-order valence-corrected chi connectivity index (χ3v) is 8.28. The molecule has 4 rings (SSSR count). The van der Waals surface area contributed by atoms with Crippen LogP contribution in [-0.4, -0.2) is 26.6 Å². The van der Waals surface area contributed by atoms with Crippen molar-refractivity contribution in [3.63, 3.8) is 0 Å². The SMILES string of the molecule is O=C1[C@@H]2[C@H]3C[C@@H]([C@H](Br)[C@H]3Br)[C@@H]2C(=O)N1c1cccc(O)c1. The standard InChI is InChI=1S/C15H13Br2NO3/c16-12-8-5-9(13(12)17)11-10(8)14(20)18(15(11)21)6-2-1-3-7(19)4-6/h1-4,8-13,19H,5H2/t8-,9-,10-,11+,12+,13+/m1/s1. The number of carbonyl (C=O) groups excluding carboxylic acids is 2. The molecule has 1 heterocycles. The second-order valence-electron chi connectivity index (χ2n) is 6.04. The van der Waals surface area contributed by atoms with Crippen molar-refractivity contribution in [3.05, 3.63) is 24.3 Å². The fourth-order valence-electron chi connectivity index (χ4n) is 4.24. The van der Waals surface area contributed by atoms with Crippen LogP contribution < -0.4 is 4.90 Å². The van der Waals surface area contributed by atoms with Gasteiger partial charge in [0.1, 0.15) is 5.75 Å². The third kappa shape index (κ3) is 1.72. The number of alkyl halides is 2. The Labute approximate surface area is 138 Å². The summed E-state index contributed by atoms with van der Waals surface area (Å²) >= 11 is 7.33. The zero-order valence-electron chi connectivity index (χ0n) is 10.9. The summed E-state index contributed by atoms with van der Waals surface area (Å²) in [7, 11) is 0. The Bertz CT molecular complexity index is 618. The lowest BCUT2D eigenvalue weighted by atomic mass is 9.81. The third-order valence-electron chi connectivity index (χ3n) is 5.08. The molecule has 0 radical (unpaired) electrons. The van der Waals surface area contributed by atoms with E-state index >= 15 is 0 Å². The molecule has 0 aromatic heterocycles. The molecule has 6 atom stereocenters. The highest BCUT2D eigenvalue weighted by Gasteiger charge is 2.66. The Balaban J connectivity index is 1.75. The number of fused-ring (bicyclic) bond motifs is 5. The van der Waals surface area contributed by atoms with Gasteiger partial charge in [-0.05, 0) is 30.4 Å². The predicted molar refractivity (Wildman–Crippen MR) is 84.6 cm³/mol. The van der Waals surface area contributed by atoms with Gasteiger partial charge in [-0.25, -0.2) is 4.90 Å². The van der Waals surface area contributed by atoms with Gasteiger partial charge in [-0.15, -0.1) is 0 Å². The molecule has 2 bridgehead atoms. The Morgan fingerprint density at radius 1 is 1.05 bits per heavy atom. The van der Waals surface area contributed by atoms with Gasteiger partial charge in [0, 0.05) is 15.7 Å². The van der Waals surface area contributed by atoms with Crippen LogP contribution in [0.3, 0.4) is 0 Å². The van der Waals surface area contributed by atoms with E-state index in [1.165, 1.54) is 17.0 Å². The van der Waals surface area contributed by atoms with Crippen LogP contribution >= 0.6 is 31.9 Å². The minimum absolute atomic E-state index is 0.0601. The summed E-state index contributed by atoms with van der Waals surface area (Å²) in [5.41, 5.74) is 0.469. The van der Waals surface area contributed by atoms with Gasteiger partial charge in [0.2, 0.25) is 11.8 Å². The van der Waals surface area contributed by atoms with Crippen molar-refractivity contribution in [1.82, 2.24) is 0 Å². The maximum atomic E-state index is 12.7. The van der Waals surface area contributed by atoms with E-state index in [0.717, 1.165) is 6.42 Å². The first kappa shape index (κ1) is 13.8. The molecular formula is C15H13Br2NO3. The number of nitrogens with zero attached hydrogens (tertiary/aromatic N) is 1. The van der Waals surface area contributed by atoms with Crippen LogP contribution in [0.1, 0.15) is 6.42 Å². The van der Waals surface area contributed by atoms with E-state index in [9.17, 15) is 14.7 Å². The van der Waals surface area contributed by atoms with Gasteiger partial charge in [-0.1, -0.05) is 37.9 Å². The lowest BCUT2D eigenvalue weighted by Gasteiger charge is -2.28. The average molecular weight is 415 g/mol. The number of aromatic hydroxyl groups is 1. The van der Waals surface area contributed by atoms with Crippen molar-refractivity contribution in [3.8, 4) is 5.75 Å². The summed E-state index contributed by atoms with van der Waals surface area (Å²) in [6.07, 6.45) is 0.923. The first-order valence-corrected chi connectivity index (χ1v) is 8.79. The molecular weight excluding hydrogens is 402 g/mol. The van der Waals surface area contributed by atoms with E-state index in [4.69, 9.17) is 0 Å². The summed E-state index contributed by atoms with van der Waals surface area (Å²) in [6.45, 7) is 0. The number of hydrogen-bond acceptors (Lipinski definition) is 3. The first-order chi connectivity index (χ1) is 10.0. The quantitative estimate of drug-likeness (QED) is 0.567. The first-order valence-electron chi connectivity index (χ1n) is 6.95. The molecule has 0 spiro atoms. The predicted octanol–water partition coefficient (Wildman–Crippen LogP) is 2.67. The Morgan fingerprint density at radius 3 is 2.14 bits per heavy atom. The highest BCUT2D eigenvalue weighted by Crippen LogP contribution is 2.60. The van der Waals surface area contributed by atoms with Gasteiger partial charge in [-0.2, -0.15) is 0 Å². The Kier molecular flexibility index (Phi) is 2.99. The van der Waals surface area contributed by atoms with Crippen molar-refractivity contribution in [2.24, 2.45) is 23.7 Å². The number of halogens is 2. The summed E-state index contributed by atoms with van der Waals surface area (Å²) in [6, 6.07) is 6.34. The van der Waals surface area contributed by atoms with Gasteiger partial charge in [-0.3, -0.25) is 9.59 Å². The van der Waals surface area contributed by atoms with Crippen LogP contribution in [0.4, 0.5) is 5.69 Å². The zero-order chi connectivity index (χ0) is 14.9. The smallest absolute Gasteiger partial charge is 0.238 e. The van der Waals surface area contributed by atoms with Crippen molar-refractivity contribution in [1.29, 1.82) is 0 Å². The fourth-order valence-corrected chi connectivity index (χ4v) is 6.11. The molecule has 0 unspecified atom stereocenters. The molecule has 1 N–H and O–H groups in total. The molecule has 21 heavy (non-hydrogen) atoms. The molecule has 4 nitrogen and oxygen atoms in total. The lowest BCUT2D eigenvalue weighted by Crippen LogP contribution is -2.37. The molecule has 6 heteroatoms. The number of hydrogen-bond donors (Lipinski definition) is 1. The monoisotopic (exact) mass is 413 g/mol. The average Bonchev–Trinajstić information content (AvgIpc) is 3.04. The maximum absolute atomic E-state index is 12.7. The number of carbonyl (C=O) groups is 2. The van der Waals surface area contributed by atoms with Crippen molar-refractivity contribution >= 4 is 49.4 Å². The Morgan fingerprint density at radius 2 is 1.62 bits per heavy atom. The maximum Gasteiger partial charge on any atom is 0.238 e. The number of rotatable bonds is 1. The van der Waals surface area contributed by atoms with Crippen LogP contribution in [0.25, 0.3) is 0 Å². The molecule has 2 saturated carbocycles. The van der Waals surface area contributed by atoms with Gasteiger partial charge >= 0.3 is 0 Å². The van der Waals surface area contributed by atoms with Crippen molar-refractivity contribution in [2.75, 3.05) is 4.90 Å². The van der Waals surface area contributed by atoms with Crippen LogP contribution in [0.5, 0.6) is 5.75 Å². The second-order valence-corrected chi connectivity index (χ2v) is 8.15. The van der Waals surface area contributed by atoms with E-state index in [0.29, 0.717) is 5.69 Å². The lowest BCUT2D eigenvalue weighted by molar-refractivity contribution is -0.123. The van der Waals surface area contributed by atoms with Gasteiger partial charge in [0.25, 0.3) is 0 Å². The molecule has 1 aliphatic heterocycles. The van der Waals surface area contributed by atoms with Crippen molar-refractivity contribution < 1.29 is 14.7 Å². The molecule has 2 aliphatic carbocycles. The summed E-state index contributed by atoms with van der Waals surface area (Å²) < 4.78 is 0. The molecule has 110 valence electrons. The highest BCUT2D eigenvalue weighted by atomic mass is 79.9. The minimum atomic E-state index is -0.219. The van der Waals surface area contributed by atoms with Crippen molar-refractivity contribution in [2.45, 2.75) is 16.1 Å². The molecule has 2 amide bonds. The van der Waals surface area contributed by atoms with E-state index < -0.39 is 0 Å². The minimum Gasteiger partial charge on any atom is -0.508 e. The number of phenolic OH excluding ortho intramolecular Hbond substituents is 1. The number of phenols is 1. The second kappa shape index (κ2) is 4.56. The summed E-state index contributed by atoms with van der Waals surface area (Å²) in [5, 5.41) is 9.59. The number of amides is 2. The molecule has 1 aromatic carbocycles. The van der Waals surface area contributed by atoms with Crippen LogP contribution in [0.15, 0.2) is 24.3 Å². The number of anilines is 1. The van der Waals surface area contributed by atoms with Gasteiger partial charge < -0.3 is 5.11 Å². The topological polar surface area (TPSA) is 57.6 Å². The number of imide groups is 1. The van der Waals surface area contributed by atoms with Crippen LogP contribution in [0.2, 0.25) is 0 Å². The van der Waals surface area contributed by atoms with E-state index in [1.54, 1.807) is 12.1 Å². The largest absolute Gasteiger partial charge is 0.508 e. The number of benzene rings is 1. The molecule has 3 aliphatic rings. The zero-order valence-corrected chi connectivity index (χ0v) is 14.1. The molecule has 1 saturated heterocycles. The van der Waals surface area contributed by atoms with Gasteiger partial charge in [0.15, 0.2) is 0 Å². The Hall–Kier alpha value is -0.880. The molecule has 3 fully saturated rings. The van der Waals surface area contributed by atoms with E-state index in [-0.39, 0.29) is 50.9 Å². The normalized spacial score (nSPS) is 41.0. The highest BCUT2D eigenvalue weighted by molar-refractivity contribution is 9.12. The summed E-state index contributed by atoms with van der Waals surface area (Å²) in [4.78, 5) is 27.2. The summed E-state index contributed by atoms with van der Waals surface area (Å²) in [5.74, 6) is -0.193. The molecule has 1 aromatic rings. The van der Waals surface area contributed by atoms with Gasteiger partial charge in [0.05, 0.1) is 17.5 Å².